The molecule has 1 amide bonds. The Morgan fingerprint density at radius 3 is 2.08 bits per heavy atom. The normalized spacial score (nSPS) is 11.1. The first-order chi connectivity index (χ1) is 19.1. The Morgan fingerprint density at radius 2 is 1.49 bits per heavy atom. The third-order valence-corrected chi connectivity index (χ3v) is 6.50. The summed E-state index contributed by atoms with van der Waals surface area (Å²) in [6, 6.07) is 38.5. The van der Waals surface area contributed by atoms with Crippen molar-refractivity contribution in [3.63, 3.8) is 0 Å². The highest BCUT2D eigenvalue weighted by molar-refractivity contribution is 6.30. The molecule has 1 N–H and O–H groups in total. The minimum atomic E-state index is -0.498. The molecule has 0 aliphatic heterocycles. The van der Waals surface area contributed by atoms with Gasteiger partial charge in [-0.3, -0.25) is 4.79 Å². The zero-order chi connectivity index (χ0) is 27.2. The topological polar surface area (TPSA) is 67.0 Å². The Kier molecular flexibility index (Phi) is 7.58. The van der Waals surface area contributed by atoms with E-state index < -0.39 is 5.91 Å². The van der Waals surface area contributed by atoms with Crippen molar-refractivity contribution >= 4 is 29.3 Å². The molecule has 5 nitrogen and oxygen atoms in total. The summed E-state index contributed by atoms with van der Waals surface area (Å²) in [5, 5.41) is 13.4. The van der Waals surface area contributed by atoms with E-state index in [9.17, 15) is 10.1 Å². The van der Waals surface area contributed by atoms with Crippen molar-refractivity contribution in [2.75, 3.05) is 12.4 Å². The van der Waals surface area contributed by atoms with Crippen molar-refractivity contribution in [1.29, 1.82) is 5.26 Å². The zero-order valence-corrected chi connectivity index (χ0v) is 21.9. The average molecular weight is 530 g/mol. The number of benzene rings is 4. The van der Waals surface area contributed by atoms with Gasteiger partial charge in [0.05, 0.1) is 18.5 Å². The lowest BCUT2D eigenvalue weighted by Crippen LogP contribution is -2.13. The highest BCUT2D eigenvalue weighted by atomic mass is 35.5. The van der Waals surface area contributed by atoms with Gasteiger partial charge in [-0.2, -0.15) is 5.26 Å². The second kappa shape index (κ2) is 11.6. The van der Waals surface area contributed by atoms with Crippen LogP contribution in [0.15, 0.2) is 121 Å². The molecular weight excluding hydrogens is 506 g/mol. The van der Waals surface area contributed by atoms with Gasteiger partial charge in [0.25, 0.3) is 5.91 Å². The average Bonchev–Trinajstić information content (AvgIpc) is 3.36. The number of nitrogens with zero attached hydrogens (tertiary/aromatic N) is 2. The van der Waals surface area contributed by atoms with Crippen molar-refractivity contribution in [2.24, 2.45) is 0 Å². The molecule has 39 heavy (non-hydrogen) atoms. The van der Waals surface area contributed by atoms with E-state index in [-0.39, 0.29) is 5.57 Å². The largest absolute Gasteiger partial charge is 0.497 e. The number of amides is 1. The minimum absolute atomic E-state index is 0.0177. The summed E-state index contributed by atoms with van der Waals surface area (Å²) in [6.45, 7) is 0. The molecule has 0 fully saturated rings. The van der Waals surface area contributed by atoms with Crippen LogP contribution >= 0.6 is 11.6 Å². The number of aromatic nitrogens is 1. The first-order valence-corrected chi connectivity index (χ1v) is 12.6. The van der Waals surface area contributed by atoms with Crippen molar-refractivity contribution in [3.05, 3.63) is 131 Å². The van der Waals surface area contributed by atoms with E-state index in [1.807, 2.05) is 91.0 Å². The van der Waals surface area contributed by atoms with Gasteiger partial charge in [0.15, 0.2) is 0 Å². The van der Waals surface area contributed by atoms with Gasteiger partial charge in [-0.1, -0.05) is 72.3 Å². The first-order valence-electron chi connectivity index (χ1n) is 12.3. The number of carbonyl (C=O) groups is 1. The van der Waals surface area contributed by atoms with E-state index in [0.717, 1.165) is 33.8 Å². The van der Waals surface area contributed by atoms with Crippen LogP contribution in [0.5, 0.6) is 5.75 Å². The van der Waals surface area contributed by atoms with E-state index in [2.05, 4.69) is 16.0 Å². The molecule has 0 unspecified atom stereocenters. The fourth-order valence-corrected chi connectivity index (χ4v) is 4.51. The smallest absolute Gasteiger partial charge is 0.266 e. The minimum Gasteiger partial charge on any atom is -0.497 e. The van der Waals surface area contributed by atoms with Gasteiger partial charge in [-0.25, -0.2) is 0 Å². The number of nitrogens with one attached hydrogen (secondary N) is 1. The number of methoxy groups -OCH3 is 1. The maximum atomic E-state index is 13.2. The summed E-state index contributed by atoms with van der Waals surface area (Å²) in [5.41, 5.74) is 5.87. The van der Waals surface area contributed by atoms with E-state index in [1.54, 1.807) is 37.5 Å². The van der Waals surface area contributed by atoms with E-state index in [4.69, 9.17) is 16.3 Å². The van der Waals surface area contributed by atoms with Gasteiger partial charge < -0.3 is 14.6 Å². The molecule has 190 valence electrons. The number of halogens is 1. The van der Waals surface area contributed by atoms with Gasteiger partial charge in [0, 0.05) is 22.0 Å². The fourth-order valence-electron chi connectivity index (χ4n) is 4.39. The Hall–Kier alpha value is -5.05. The van der Waals surface area contributed by atoms with Gasteiger partial charge in [0.1, 0.15) is 17.4 Å². The molecule has 5 rings (SSSR count). The summed E-state index contributed by atoms with van der Waals surface area (Å²) in [5.74, 6) is 0.177. The molecule has 0 aliphatic carbocycles. The molecule has 0 aliphatic rings. The third-order valence-electron chi connectivity index (χ3n) is 6.24. The van der Waals surface area contributed by atoms with Crippen LogP contribution in [-0.2, 0) is 4.79 Å². The summed E-state index contributed by atoms with van der Waals surface area (Å²) in [6.07, 6.45) is 1.64. The molecule has 0 saturated carbocycles. The van der Waals surface area contributed by atoms with Crippen molar-refractivity contribution in [3.8, 4) is 40.0 Å². The predicted molar refractivity (Wildman–Crippen MR) is 157 cm³/mol. The van der Waals surface area contributed by atoms with Gasteiger partial charge in [0.2, 0.25) is 0 Å². The van der Waals surface area contributed by atoms with Crippen molar-refractivity contribution in [2.45, 2.75) is 0 Å². The molecule has 1 aromatic heterocycles. The summed E-state index contributed by atoms with van der Waals surface area (Å²) < 4.78 is 7.31. The number of carbonyl (C=O) groups excluding carboxylic acids is 1. The Balaban J connectivity index is 1.68. The maximum Gasteiger partial charge on any atom is 0.266 e. The number of ether oxygens (including phenoxy) is 1. The molecule has 0 atom stereocenters. The van der Waals surface area contributed by atoms with Crippen LogP contribution in [0, 0.1) is 11.3 Å². The summed E-state index contributed by atoms with van der Waals surface area (Å²) in [7, 11) is 1.58. The molecule has 4 aromatic carbocycles. The van der Waals surface area contributed by atoms with Crippen molar-refractivity contribution in [1.82, 2.24) is 4.57 Å². The van der Waals surface area contributed by atoms with Gasteiger partial charge in [-0.15, -0.1) is 0 Å². The zero-order valence-electron chi connectivity index (χ0n) is 21.1. The van der Waals surface area contributed by atoms with Crippen LogP contribution < -0.4 is 10.1 Å². The highest BCUT2D eigenvalue weighted by Gasteiger charge is 2.20. The van der Waals surface area contributed by atoms with Crippen molar-refractivity contribution < 1.29 is 9.53 Å². The second-order valence-corrected chi connectivity index (χ2v) is 9.17. The number of anilines is 1. The number of hydrogen-bond donors (Lipinski definition) is 1. The quantitative estimate of drug-likeness (QED) is 0.171. The lowest BCUT2D eigenvalue weighted by atomic mass is 10.0. The van der Waals surface area contributed by atoms with Crippen LogP contribution in [0.3, 0.4) is 0 Å². The molecule has 0 radical (unpaired) electrons. The Labute approximate surface area is 232 Å². The number of rotatable bonds is 7. The Morgan fingerprint density at radius 1 is 0.872 bits per heavy atom. The molecular formula is C33H24ClN3O2. The standard InChI is InChI=1S/C33H24ClN3O2/c1-39-30-18-14-28(15-19-30)36-33(38)26(22-35)20-25-21-31(23-8-4-2-5-9-23)37(29-16-12-27(34)13-17-29)32(25)24-10-6-3-7-11-24/h2-21H,1H3,(H,36,38)/b26-20+. The summed E-state index contributed by atoms with van der Waals surface area (Å²) in [4.78, 5) is 13.2. The lowest BCUT2D eigenvalue weighted by molar-refractivity contribution is -0.112. The molecule has 6 heteroatoms. The molecule has 0 spiro atoms. The number of nitriles is 1. The van der Waals surface area contributed by atoms with Gasteiger partial charge >= 0.3 is 0 Å². The molecule has 0 saturated heterocycles. The molecule has 1 heterocycles. The monoisotopic (exact) mass is 529 g/mol. The summed E-state index contributed by atoms with van der Waals surface area (Å²) >= 11 is 6.22. The van der Waals surface area contributed by atoms with Gasteiger partial charge in [-0.05, 0) is 71.8 Å². The first kappa shape index (κ1) is 25.6. The second-order valence-electron chi connectivity index (χ2n) is 8.73. The van der Waals surface area contributed by atoms with Crippen LogP contribution in [0.25, 0.3) is 34.3 Å². The van der Waals surface area contributed by atoms with Crippen LogP contribution in [0.1, 0.15) is 5.56 Å². The number of hydrogen-bond acceptors (Lipinski definition) is 3. The van der Waals surface area contributed by atoms with E-state index >= 15 is 0 Å². The predicted octanol–water partition coefficient (Wildman–Crippen LogP) is 8.02. The maximum absolute atomic E-state index is 13.2. The molecule has 5 aromatic rings. The van der Waals surface area contributed by atoms with E-state index in [1.165, 1.54) is 0 Å². The third kappa shape index (κ3) is 5.62. The van der Waals surface area contributed by atoms with E-state index in [0.29, 0.717) is 16.5 Å². The molecule has 0 bridgehead atoms. The highest BCUT2D eigenvalue weighted by Crippen LogP contribution is 2.37. The van der Waals surface area contributed by atoms with Crippen LogP contribution in [-0.4, -0.2) is 17.6 Å². The van der Waals surface area contributed by atoms with Crippen LogP contribution in [0.2, 0.25) is 5.02 Å². The fraction of sp³-hybridized carbons (Fsp3) is 0.0303. The Bertz CT molecular complexity index is 1670. The lowest BCUT2D eigenvalue weighted by Gasteiger charge is -2.15. The SMILES string of the molecule is COc1ccc(NC(=O)/C(C#N)=C/c2cc(-c3ccccc3)n(-c3ccc(Cl)cc3)c2-c2ccccc2)cc1. The van der Waals surface area contributed by atoms with Crippen LogP contribution in [0.4, 0.5) is 5.69 Å².